The summed E-state index contributed by atoms with van der Waals surface area (Å²) < 4.78 is 22.0. The van der Waals surface area contributed by atoms with E-state index in [1.165, 1.54) is 0 Å². The van der Waals surface area contributed by atoms with Gasteiger partial charge in [0.25, 0.3) is 0 Å². The number of rotatable bonds is 7. The van der Waals surface area contributed by atoms with E-state index in [-0.39, 0.29) is 0 Å². The summed E-state index contributed by atoms with van der Waals surface area (Å²) in [4.78, 5) is 4.42. The van der Waals surface area contributed by atoms with Crippen LogP contribution in [0.4, 0.5) is 5.69 Å². The van der Waals surface area contributed by atoms with Gasteiger partial charge in [0.1, 0.15) is 5.75 Å². The number of nitrogens with zero attached hydrogens (tertiary/aromatic N) is 2. The van der Waals surface area contributed by atoms with Gasteiger partial charge in [0.05, 0.1) is 33.6 Å². The Kier molecular flexibility index (Phi) is 5.62. The molecule has 1 heterocycles. The Labute approximate surface area is 159 Å². The van der Waals surface area contributed by atoms with Gasteiger partial charge in [-0.15, -0.1) is 0 Å². The van der Waals surface area contributed by atoms with Crippen molar-refractivity contribution in [2.75, 3.05) is 26.6 Å². The monoisotopic (exact) mass is 419 g/mol. The lowest BCUT2D eigenvalue weighted by Crippen LogP contribution is -2.01. The van der Waals surface area contributed by atoms with E-state index in [1.807, 2.05) is 24.3 Å². The highest BCUT2D eigenvalue weighted by atomic mass is 79.9. The van der Waals surface area contributed by atoms with Crippen molar-refractivity contribution in [3.63, 3.8) is 0 Å². The van der Waals surface area contributed by atoms with Crippen molar-refractivity contribution in [2.24, 2.45) is 0 Å². The summed E-state index contributed by atoms with van der Waals surface area (Å²) in [7, 11) is 4.80. The van der Waals surface area contributed by atoms with Crippen molar-refractivity contribution in [2.45, 2.75) is 6.54 Å². The molecule has 8 heteroatoms. The number of hydrogen-bond acceptors (Lipinski definition) is 7. The average Bonchev–Trinajstić information content (AvgIpc) is 3.15. The lowest BCUT2D eigenvalue weighted by molar-refractivity contribution is 0.355. The van der Waals surface area contributed by atoms with Crippen molar-refractivity contribution in [3.8, 4) is 28.6 Å². The van der Waals surface area contributed by atoms with E-state index in [0.717, 1.165) is 21.5 Å². The highest BCUT2D eigenvalue weighted by Crippen LogP contribution is 2.31. The zero-order valence-corrected chi connectivity index (χ0v) is 16.2. The van der Waals surface area contributed by atoms with Gasteiger partial charge in [-0.25, -0.2) is 0 Å². The van der Waals surface area contributed by atoms with Crippen molar-refractivity contribution >= 4 is 21.6 Å². The van der Waals surface area contributed by atoms with E-state index < -0.39 is 0 Å². The fraction of sp³-hybridized carbons (Fsp3) is 0.222. The molecule has 136 valence electrons. The number of nitrogens with one attached hydrogen (secondary N) is 1. The zero-order chi connectivity index (χ0) is 18.5. The quantitative estimate of drug-likeness (QED) is 0.616. The van der Waals surface area contributed by atoms with Gasteiger partial charge in [-0.2, -0.15) is 4.98 Å². The van der Waals surface area contributed by atoms with Gasteiger partial charge in [0, 0.05) is 16.1 Å². The third kappa shape index (κ3) is 3.91. The molecule has 0 aliphatic rings. The molecule has 3 rings (SSSR count). The molecule has 1 aromatic heterocycles. The highest BCUT2D eigenvalue weighted by molar-refractivity contribution is 9.10. The largest absolute Gasteiger partial charge is 0.497 e. The van der Waals surface area contributed by atoms with E-state index in [2.05, 4.69) is 31.4 Å². The van der Waals surface area contributed by atoms with Gasteiger partial charge in [-0.05, 0) is 46.3 Å². The Bertz CT molecular complexity index is 898. The Morgan fingerprint density at radius 2 is 1.81 bits per heavy atom. The Balaban J connectivity index is 1.74. The van der Waals surface area contributed by atoms with E-state index in [4.69, 9.17) is 18.7 Å². The Morgan fingerprint density at radius 3 is 2.54 bits per heavy atom. The SMILES string of the molecule is COc1ccc(Br)c(NCc2nc(-c3ccc(OC)c(OC)c3)no2)c1. The lowest BCUT2D eigenvalue weighted by Gasteiger charge is -2.08. The van der Waals surface area contributed by atoms with Crippen LogP contribution < -0.4 is 19.5 Å². The molecule has 7 nitrogen and oxygen atoms in total. The van der Waals surface area contributed by atoms with Gasteiger partial charge in [-0.3, -0.25) is 0 Å². The van der Waals surface area contributed by atoms with Crippen molar-refractivity contribution < 1.29 is 18.7 Å². The summed E-state index contributed by atoms with van der Waals surface area (Å²) in [6, 6.07) is 11.1. The van der Waals surface area contributed by atoms with Gasteiger partial charge in [0.2, 0.25) is 11.7 Å². The average molecular weight is 420 g/mol. The fourth-order valence-corrected chi connectivity index (χ4v) is 2.74. The second-order valence-corrected chi connectivity index (χ2v) is 6.14. The smallest absolute Gasteiger partial charge is 0.246 e. The molecule has 3 aromatic rings. The number of benzene rings is 2. The fourth-order valence-electron chi connectivity index (χ4n) is 2.36. The van der Waals surface area contributed by atoms with Crippen LogP contribution in [0.1, 0.15) is 5.89 Å². The van der Waals surface area contributed by atoms with Crippen molar-refractivity contribution in [1.29, 1.82) is 0 Å². The highest BCUT2D eigenvalue weighted by Gasteiger charge is 2.12. The molecule has 0 amide bonds. The summed E-state index contributed by atoms with van der Waals surface area (Å²) >= 11 is 3.49. The Hall–Kier alpha value is -2.74. The molecular formula is C18H18BrN3O4. The molecule has 2 aromatic carbocycles. The topological polar surface area (TPSA) is 78.6 Å². The van der Waals surface area contributed by atoms with Crippen LogP contribution in [-0.2, 0) is 6.54 Å². The van der Waals surface area contributed by atoms with Crippen LogP contribution in [0.15, 0.2) is 45.4 Å². The molecule has 0 fully saturated rings. The standard InChI is InChI=1S/C18H18BrN3O4/c1-23-12-5-6-13(19)14(9-12)20-10-17-21-18(22-26-17)11-4-7-15(24-2)16(8-11)25-3/h4-9,20H,10H2,1-3H3. The van der Waals surface area contributed by atoms with Crippen LogP contribution in [0.5, 0.6) is 17.2 Å². The minimum atomic E-state index is 0.381. The molecule has 0 aliphatic carbocycles. The molecule has 0 saturated carbocycles. The summed E-state index contributed by atoms with van der Waals surface area (Å²) in [5.41, 5.74) is 1.65. The lowest BCUT2D eigenvalue weighted by atomic mass is 10.2. The normalized spacial score (nSPS) is 10.5. The minimum absolute atomic E-state index is 0.381. The van der Waals surface area contributed by atoms with Gasteiger partial charge in [0.15, 0.2) is 11.5 Å². The zero-order valence-electron chi connectivity index (χ0n) is 14.6. The first-order valence-electron chi connectivity index (χ1n) is 7.77. The molecule has 0 atom stereocenters. The first kappa shape index (κ1) is 18.1. The number of anilines is 1. The van der Waals surface area contributed by atoms with Gasteiger partial charge < -0.3 is 24.1 Å². The number of hydrogen-bond donors (Lipinski definition) is 1. The summed E-state index contributed by atoms with van der Waals surface area (Å²) in [6.07, 6.45) is 0. The van der Waals surface area contributed by atoms with Gasteiger partial charge in [-0.1, -0.05) is 5.16 Å². The third-order valence-corrected chi connectivity index (χ3v) is 4.40. The van der Waals surface area contributed by atoms with Crippen LogP contribution in [0.25, 0.3) is 11.4 Å². The van der Waals surface area contributed by atoms with Crippen molar-refractivity contribution in [3.05, 3.63) is 46.8 Å². The maximum absolute atomic E-state index is 5.33. The van der Waals surface area contributed by atoms with E-state index in [1.54, 1.807) is 33.5 Å². The predicted molar refractivity (Wildman–Crippen MR) is 101 cm³/mol. The number of methoxy groups -OCH3 is 3. The van der Waals surface area contributed by atoms with Crippen LogP contribution >= 0.6 is 15.9 Å². The van der Waals surface area contributed by atoms with Crippen LogP contribution in [0.3, 0.4) is 0 Å². The maximum atomic E-state index is 5.33. The van der Waals surface area contributed by atoms with E-state index >= 15 is 0 Å². The maximum Gasteiger partial charge on any atom is 0.246 e. The molecule has 1 N–H and O–H groups in total. The van der Waals surface area contributed by atoms with E-state index in [0.29, 0.717) is 29.8 Å². The second-order valence-electron chi connectivity index (χ2n) is 5.28. The van der Waals surface area contributed by atoms with Crippen LogP contribution in [-0.4, -0.2) is 31.5 Å². The molecule has 0 bridgehead atoms. The number of aromatic nitrogens is 2. The summed E-state index contributed by atoms with van der Waals surface area (Å²) in [6.45, 7) is 0.381. The molecule has 26 heavy (non-hydrogen) atoms. The van der Waals surface area contributed by atoms with Crippen molar-refractivity contribution in [1.82, 2.24) is 10.1 Å². The van der Waals surface area contributed by atoms with Crippen LogP contribution in [0.2, 0.25) is 0 Å². The second kappa shape index (κ2) is 8.09. The molecule has 0 aliphatic heterocycles. The predicted octanol–water partition coefficient (Wildman–Crippen LogP) is 4.14. The summed E-state index contributed by atoms with van der Waals surface area (Å²) in [5.74, 6) is 2.95. The minimum Gasteiger partial charge on any atom is -0.497 e. The Morgan fingerprint density at radius 1 is 1.00 bits per heavy atom. The molecule has 0 unspecified atom stereocenters. The number of halogens is 1. The third-order valence-electron chi connectivity index (χ3n) is 3.71. The molecule has 0 saturated heterocycles. The summed E-state index contributed by atoms with van der Waals surface area (Å²) in [5, 5.41) is 7.27. The molecular weight excluding hydrogens is 402 g/mol. The van der Waals surface area contributed by atoms with Crippen LogP contribution in [0, 0.1) is 0 Å². The first-order valence-corrected chi connectivity index (χ1v) is 8.56. The molecule has 0 spiro atoms. The van der Waals surface area contributed by atoms with E-state index in [9.17, 15) is 0 Å². The molecule has 0 radical (unpaired) electrons. The first-order chi connectivity index (χ1) is 12.6. The van der Waals surface area contributed by atoms with Gasteiger partial charge >= 0.3 is 0 Å². The number of ether oxygens (including phenoxy) is 3.